The standard InChI is InChI=1S/C15H16N2O3S/c1-2-3-11-8-16-15(21-11)17-14(18)7-10-4-5-12-13(6-10)20-9-19-12/h4-6,8H,2-3,7,9H2,1H3,(H,16,17,18). The first-order valence-corrected chi connectivity index (χ1v) is 7.69. The summed E-state index contributed by atoms with van der Waals surface area (Å²) in [6, 6.07) is 5.54. The molecule has 2 heterocycles. The minimum Gasteiger partial charge on any atom is -0.454 e. The van der Waals surface area contributed by atoms with E-state index in [4.69, 9.17) is 9.47 Å². The number of aromatic nitrogens is 1. The maximum Gasteiger partial charge on any atom is 0.231 e. The van der Waals surface area contributed by atoms with Gasteiger partial charge in [-0.05, 0) is 24.1 Å². The molecule has 0 aliphatic carbocycles. The number of thiazole rings is 1. The van der Waals surface area contributed by atoms with Crippen LogP contribution < -0.4 is 14.8 Å². The molecule has 0 fully saturated rings. The largest absolute Gasteiger partial charge is 0.454 e. The predicted molar refractivity (Wildman–Crippen MR) is 81.0 cm³/mol. The smallest absolute Gasteiger partial charge is 0.231 e. The van der Waals surface area contributed by atoms with E-state index < -0.39 is 0 Å². The highest BCUT2D eigenvalue weighted by Crippen LogP contribution is 2.32. The van der Waals surface area contributed by atoms with Gasteiger partial charge in [0.2, 0.25) is 12.7 Å². The molecule has 1 aromatic heterocycles. The van der Waals surface area contributed by atoms with Gasteiger partial charge in [0.05, 0.1) is 6.42 Å². The summed E-state index contributed by atoms with van der Waals surface area (Å²) in [5.41, 5.74) is 0.891. The van der Waals surface area contributed by atoms with Crippen molar-refractivity contribution < 1.29 is 14.3 Å². The first kappa shape index (κ1) is 13.9. The van der Waals surface area contributed by atoms with Gasteiger partial charge >= 0.3 is 0 Å². The van der Waals surface area contributed by atoms with E-state index in [0.717, 1.165) is 24.2 Å². The predicted octanol–water partition coefficient (Wildman–Crippen LogP) is 3.01. The summed E-state index contributed by atoms with van der Waals surface area (Å²) in [6.45, 7) is 2.36. The lowest BCUT2D eigenvalue weighted by molar-refractivity contribution is -0.115. The van der Waals surface area contributed by atoms with Gasteiger partial charge < -0.3 is 14.8 Å². The number of hydrogen-bond acceptors (Lipinski definition) is 5. The first-order valence-electron chi connectivity index (χ1n) is 6.87. The molecule has 0 spiro atoms. The van der Waals surface area contributed by atoms with Crippen molar-refractivity contribution in [3.63, 3.8) is 0 Å². The van der Waals surface area contributed by atoms with Crippen LogP contribution in [-0.4, -0.2) is 17.7 Å². The maximum atomic E-state index is 12.0. The van der Waals surface area contributed by atoms with Crippen molar-refractivity contribution in [2.75, 3.05) is 12.1 Å². The summed E-state index contributed by atoms with van der Waals surface area (Å²) < 4.78 is 10.6. The van der Waals surface area contributed by atoms with Gasteiger partial charge in [-0.2, -0.15) is 0 Å². The molecule has 3 rings (SSSR count). The SMILES string of the molecule is CCCc1cnc(NC(=O)Cc2ccc3c(c2)OCO3)s1. The van der Waals surface area contributed by atoms with Gasteiger partial charge in [-0.25, -0.2) is 4.98 Å². The van der Waals surface area contributed by atoms with Crippen molar-refractivity contribution in [3.05, 3.63) is 34.8 Å². The fourth-order valence-electron chi connectivity index (χ4n) is 2.13. The molecule has 0 radical (unpaired) electrons. The Hall–Kier alpha value is -2.08. The van der Waals surface area contributed by atoms with Crippen LogP contribution in [0.15, 0.2) is 24.4 Å². The third kappa shape index (κ3) is 3.33. The lowest BCUT2D eigenvalue weighted by Gasteiger charge is -2.03. The molecule has 1 amide bonds. The number of nitrogens with one attached hydrogen (secondary N) is 1. The average Bonchev–Trinajstić information content (AvgIpc) is 3.08. The van der Waals surface area contributed by atoms with Gasteiger partial charge in [0, 0.05) is 11.1 Å². The number of fused-ring (bicyclic) bond motifs is 1. The molecule has 110 valence electrons. The molecule has 0 bridgehead atoms. The molecule has 6 heteroatoms. The van der Waals surface area contributed by atoms with E-state index in [9.17, 15) is 4.79 Å². The molecule has 1 N–H and O–H groups in total. The molecule has 2 aromatic rings. The van der Waals surface area contributed by atoms with Crippen LogP contribution in [0.1, 0.15) is 23.8 Å². The highest BCUT2D eigenvalue weighted by Gasteiger charge is 2.15. The minimum atomic E-state index is -0.0775. The molecule has 0 saturated carbocycles. The second-order valence-electron chi connectivity index (χ2n) is 4.79. The van der Waals surface area contributed by atoms with Crippen molar-refractivity contribution in [1.82, 2.24) is 4.98 Å². The number of rotatable bonds is 5. The third-order valence-corrected chi connectivity index (χ3v) is 4.07. The normalized spacial score (nSPS) is 12.4. The number of hydrogen-bond donors (Lipinski definition) is 1. The van der Waals surface area contributed by atoms with Crippen LogP contribution in [0.2, 0.25) is 0 Å². The van der Waals surface area contributed by atoms with E-state index in [-0.39, 0.29) is 12.7 Å². The van der Waals surface area contributed by atoms with Crippen molar-refractivity contribution >= 4 is 22.4 Å². The van der Waals surface area contributed by atoms with Gasteiger partial charge in [0.1, 0.15) is 0 Å². The van der Waals surface area contributed by atoms with Crippen LogP contribution in [0.3, 0.4) is 0 Å². The molecule has 1 aliphatic heterocycles. The Labute approximate surface area is 126 Å². The van der Waals surface area contributed by atoms with Crippen LogP contribution in [0, 0.1) is 0 Å². The molecule has 21 heavy (non-hydrogen) atoms. The Kier molecular flexibility index (Phi) is 4.06. The zero-order valence-electron chi connectivity index (χ0n) is 11.7. The quantitative estimate of drug-likeness (QED) is 0.922. The van der Waals surface area contributed by atoms with E-state index in [1.807, 2.05) is 24.4 Å². The summed E-state index contributed by atoms with van der Waals surface area (Å²) in [4.78, 5) is 17.4. The number of benzene rings is 1. The zero-order chi connectivity index (χ0) is 14.7. The lowest BCUT2D eigenvalue weighted by atomic mass is 10.1. The van der Waals surface area contributed by atoms with Gasteiger partial charge in [0.15, 0.2) is 16.6 Å². The van der Waals surface area contributed by atoms with Crippen LogP contribution in [0.25, 0.3) is 0 Å². The Morgan fingerprint density at radius 2 is 2.24 bits per heavy atom. The minimum absolute atomic E-state index is 0.0775. The van der Waals surface area contributed by atoms with E-state index in [1.54, 1.807) is 0 Å². The van der Waals surface area contributed by atoms with Gasteiger partial charge in [-0.3, -0.25) is 4.79 Å². The Morgan fingerprint density at radius 1 is 1.38 bits per heavy atom. The number of carbonyl (C=O) groups excluding carboxylic acids is 1. The van der Waals surface area contributed by atoms with Crippen molar-refractivity contribution in [1.29, 1.82) is 0 Å². The van der Waals surface area contributed by atoms with Crippen molar-refractivity contribution in [3.8, 4) is 11.5 Å². The summed E-state index contributed by atoms with van der Waals surface area (Å²) in [5, 5.41) is 3.49. The summed E-state index contributed by atoms with van der Waals surface area (Å²) in [5.74, 6) is 1.34. The average molecular weight is 304 g/mol. The van der Waals surface area contributed by atoms with Crippen LogP contribution in [0.5, 0.6) is 11.5 Å². The molecule has 5 nitrogen and oxygen atoms in total. The number of anilines is 1. The molecule has 1 aliphatic rings. The molecule has 0 unspecified atom stereocenters. The molecule has 1 aromatic carbocycles. The topological polar surface area (TPSA) is 60.5 Å². The molecular formula is C15H16N2O3S. The van der Waals surface area contributed by atoms with Crippen LogP contribution in [0.4, 0.5) is 5.13 Å². The van der Waals surface area contributed by atoms with Gasteiger partial charge in [0.25, 0.3) is 0 Å². The highest BCUT2D eigenvalue weighted by molar-refractivity contribution is 7.15. The summed E-state index contributed by atoms with van der Waals surface area (Å²) >= 11 is 1.53. The first-order chi connectivity index (χ1) is 10.2. The number of nitrogens with zero attached hydrogens (tertiary/aromatic N) is 1. The number of ether oxygens (including phenoxy) is 2. The van der Waals surface area contributed by atoms with Gasteiger partial charge in [-0.1, -0.05) is 19.4 Å². The number of carbonyl (C=O) groups is 1. The second kappa shape index (κ2) is 6.13. The Morgan fingerprint density at radius 3 is 3.10 bits per heavy atom. The fourth-order valence-corrected chi connectivity index (χ4v) is 3.06. The fraction of sp³-hybridized carbons (Fsp3) is 0.333. The lowest BCUT2D eigenvalue weighted by Crippen LogP contribution is -2.14. The number of aryl methyl sites for hydroxylation is 1. The van der Waals surface area contributed by atoms with Crippen molar-refractivity contribution in [2.24, 2.45) is 0 Å². The summed E-state index contributed by atoms with van der Waals surface area (Å²) in [6.07, 6.45) is 4.19. The van der Waals surface area contributed by atoms with E-state index >= 15 is 0 Å². The maximum absolute atomic E-state index is 12.0. The number of amides is 1. The second-order valence-corrected chi connectivity index (χ2v) is 5.91. The van der Waals surface area contributed by atoms with E-state index in [2.05, 4.69) is 17.2 Å². The Bertz CT molecular complexity index is 654. The Balaban J connectivity index is 1.60. The highest BCUT2D eigenvalue weighted by atomic mass is 32.1. The monoisotopic (exact) mass is 304 g/mol. The van der Waals surface area contributed by atoms with Gasteiger partial charge in [-0.15, -0.1) is 11.3 Å². The third-order valence-electron chi connectivity index (χ3n) is 3.10. The van der Waals surface area contributed by atoms with Crippen LogP contribution >= 0.6 is 11.3 Å². The van der Waals surface area contributed by atoms with Crippen molar-refractivity contribution in [2.45, 2.75) is 26.2 Å². The van der Waals surface area contributed by atoms with Crippen LogP contribution in [-0.2, 0) is 17.6 Å². The molecule has 0 saturated heterocycles. The van der Waals surface area contributed by atoms with E-state index in [1.165, 1.54) is 16.2 Å². The zero-order valence-corrected chi connectivity index (χ0v) is 12.5. The molecular weight excluding hydrogens is 288 g/mol. The van der Waals surface area contributed by atoms with E-state index in [0.29, 0.717) is 17.3 Å². The molecule has 0 atom stereocenters. The summed E-state index contributed by atoms with van der Waals surface area (Å²) in [7, 11) is 0.